The molecule has 1 amide bonds. The smallest absolute Gasteiger partial charge is 0.350 e. The summed E-state index contributed by atoms with van der Waals surface area (Å²) in [5.74, 6) is 0.237. The van der Waals surface area contributed by atoms with E-state index < -0.39 is 0 Å². The van der Waals surface area contributed by atoms with Crippen LogP contribution in [0.15, 0.2) is 0 Å². The third-order valence-corrected chi connectivity index (χ3v) is 4.50. The van der Waals surface area contributed by atoms with Gasteiger partial charge in [-0.2, -0.15) is 0 Å². The van der Waals surface area contributed by atoms with Crippen LogP contribution in [0.2, 0.25) is 0 Å². The summed E-state index contributed by atoms with van der Waals surface area (Å²) < 4.78 is 4.96. The number of rotatable bonds is 4. The van der Waals surface area contributed by atoms with Crippen molar-refractivity contribution in [3.63, 3.8) is 0 Å². The molecule has 1 aromatic heterocycles. The summed E-state index contributed by atoms with van der Waals surface area (Å²) >= 11 is 6.98. The first-order valence-electron chi connectivity index (χ1n) is 6.07. The van der Waals surface area contributed by atoms with Crippen LogP contribution in [0, 0.1) is 12.8 Å². The van der Waals surface area contributed by atoms with Crippen LogP contribution in [0.4, 0.5) is 5.13 Å². The minimum atomic E-state index is -0.385. The summed E-state index contributed by atoms with van der Waals surface area (Å²) in [6, 6.07) is 0. The second kappa shape index (κ2) is 5.88. The van der Waals surface area contributed by atoms with E-state index in [4.69, 9.17) is 16.3 Å². The van der Waals surface area contributed by atoms with Crippen molar-refractivity contribution in [2.45, 2.75) is 20.3 Å². The Labute approximate surface area is 120 Å². The predicted octanol–water partition coefficient (Wildman–Crippen LogP) is 2.22. The lowest BCUT2D eigenvalue weighted by atomic mass is 10.2. The van der Waals surface area contributed by atoms with Gasteiger partial charge in [-0.05, 0) is 19.8 Å². The topological polar surface area (TPSA) is 59.5 Å². The van der Waals surface area contributed by atoms with E-state index in [1.807, 2.05) is 0 Å². The van der Waals surface area contributed by atoms with Gasteiger partial charge in [0, 0.05) is 18.8 Å². The number of nitrogens with zero attached hydrogens (tertiary/aromatic N) is 2. The standard InChI is InChI=1S/C12H15ClN2O3S/c1-3-18-11(17)10-7(2)14-12(19-10)15-6-8(5-13)4-9(15)16/h8H,3-6H2,1-2H3. The number of alkyl halides is 1. The Morgan fingerprint density at radius 1 is 1.63 bits per heavy atom. The van der Waals surface area contributed by atoms with E-state index in [0.717, 1.165) is 0 Å². The van der Waals surface area contributed by atoms with E-state index >= 15 is 0 Å². The van der Waals surface area contributed by atoms with Crippen LogP contribution < -0.4 is 4.90 Å². The summed E-state index contributed by atoms with van der Waals surface area (Å²) in [6.07, 6.45) is 0.441. The first-order chi connectivity index (χ1) is 9.06. The normalized spacial score (nSPS) is 19.0. The molecule has 1 aliphatic rings. The Morgan fingerprint density at radius 3 is 2.95 bits per heavy atom. The Bertz CT molecular complexity index is 503. The Hall–Kier alpha value is -1.14. The summed E-state index contributed by atoms with van der Waals surface area (Å²) in [6.45, 7) is 4.39. The quantitative estimate of drug-likeness (QED) is 0.632. The molecule has 0 N–H and O–H groups in total. The van der Waals surface area contributed by atoms with Gasteiger partial charge in [0.1, 0.15) is 4.88 Å². The van der Waals surface area contributed by atoms with Gasteiger partial charge in [0.25, 0.3) is 0 Å². The average molecular weight is 303 g/mol. The number of ether oxygens (including phenoxy) is 1. The van der Waals surface area contributed by atoms with Crippen molar-refractivity contribution in [1.82, 2.24) is 4.98 Å². The zero-order chi connectivity index (χ0) is 14.0. The third kappa shape index (κ3) is 2.90. The van der Waals surface area contributed by atoms with E-state index in [9.17, 15) is 9.59 Å². The number of aromatic nitrogens is 1. The van der Waals surface area contributed by atoms with E-state index in [1.54, 1.807) is 18.7 Å². The predicted molar refractivity (Wildman–Crippen MR) is 74.0 cm³/mol. The molecule has 1 aliphatic heterocycles. The van der Waals surface area contributed by atoms with Gasteiger partial charge in [0.05, 0.1) is 12.3 Å². The number of amides is 1. The van der Waals surface area contributed by atoms with Crippen LogP contribution in [-0.4, -0.2) is 35.9 Å². The molecule has 0 spiro atoms. The molecule has 0 bridgehead atoms. The lowest BCUT2D eigenvalue weighted by Gasteiger charge is -2.11. The minimum absolute atomic E-state index is 0.00908. The molecule has 1 saturated heterocycles. The molecule has 19 heavy (non-hydrogen) atoms. The largest absolute Gasteiger partial charge is 0.462 e. The molecule has 2 rings (SSSR count). The molecule has 104 valence electrons. The monoisotopic (exact) mass is 302 g/mol. The number of anilines is 1. The molecule has 5 nitrogen and oxygen atoms in total. The molecule has 1 unspecified atom stereocenters. The lowest BCUT2D eigenvalue weighted by Crippen LogP contribution is -2.24. The van der Waals surface area contributed by atoms with E-state index in [1.165, 1.54) is 11.3 Å². The fourth-order valence-corrected chi connectivity index (χ4v) is 3.15. The Balaban J connectivity index is 2.20. The van der Waals surface area contributed by atoms with Gasteiger partial charge in [-0.3, -0.25) is 9.69 Å². The number of hydrogen-bond donors (Lipinski definition) is 0. The van der Waals surface area contributed by atoms with Gasteiger partial charge in [-0.1, -0.05) is 11.3 Å². The fraction of sp³-hybridized carbons (Fsp3) is 0.583. The fourth-order valence-electron chi connectivity index (χ4n) is 1.95. The summed E-state index contributed by atoms with van der Waals surface area (Å²) in [5, 5.41) is 0.554. The van der Waals surface area contributed by atoms with E-state index in [-0.39, 0.29) is 17.8 Å². The Kier molecular flexibility index (Phi) is 4.42. The van der Waals surface area contributed by atoms with Crippen LogP contribution in [0.5, 0.6) is 0 Å². The summed E-state index contributed by atoms with van der Waals surface area (Å²) in [4.78, 5) is 30.0. The number of carbonyl (C=O) groups excluding carboxylic acids is 2. The van der Waals surface area contributed by atoms with Gasteiger partial charge >= 0.3 is 5.97 Å². The van der Waals surface area contributed by atoms with Crippen molar-refractivity contribution < 1.29 is 14.3 Å². The number of esters is 1. The van der Waals surface area contributed by atoms with Crippen molar-refractivity contribution >= 4 is 39.9 Å². The maximum Gasteiger partial charge on any atom is 0.350 e. The molecular weight excluding hydrogens is 288 g/mol. The number of aryl methyl sites for hydroxylation is 1. The SMILES string of the molecule is CCOC(=O)c1sc(N2CC(CCl)CC2=O)nc1C. The minimum Gasteiger partial charge on any atom is -0.462 e. The van der Waals surface area contributed by atoms with Crippen molar-refractivity contribution in [2.24, 2.45) is 5.92 Å². The van der Waals surface area contributed by atoms with Gasteiger partial charge in [-0.15, -0.1) is 11.6 Å². The molecule has 1 atom stereocenters. The van der Waals surface area contributed by atoms with Crippen LogP contribution in [0.25, 0.3) is 0 Å². The first kappa shape index (κ1) is 14.3. The molecule has 7 heteroatoms. The lowest BCUT2D eigenvalue weighted by molar-refractivity contribution is -0.117. The molecule has 2 heterocycles. The van der Waals surface area contributed by atoms with E-state index in [0.29, 0.717) is 41.2 Å². The van der Waals surface area contributed by atoms with Gasteiger partial charge < -0.3 is 4.74 Å². The highest BCUT2D eigenvalue weighted by Crippen LogP contribution is 2.31. The molecule has 0 aliphatic carbocycles. The molecule has 1 aromatic rings. The van der Waals surface area contributed by atoms with Crippen LogP contribution in [-0.2, 0) is 9.53 Å². The zero-order valence-corrected chi connectivity index (χ0v) is 12.4. The number of carbonyl (C=O) groups is 2. The Morgan fingerprint density at radius 2 is 2.37 bits per heavy atom. The highest BCUT2D eigenvalue weighted by atomic mass is 35.5. The first-order valence-corrected chi connectivity index (χ1v) is 7.42. The highest BCUT2D eigenvalue weighted by Gasteiger charge is 2.32. The van der Waals surface area contributed by atoms with Gasteiger partial charge in [0.15, 0.2) is 5.13 Å². The van der Waals surface area contributed by atoms with Gasteiger partial charge in [-0.25, -0.2) is 9.78 Å². The summed E-state index contributed by atoms with van der Waals surface area (Å²) in [5.41, 5.74) is 0.598. The molecule has 1 fully saturated rings. The molecule has 0 aromatic carbocycles. The summed E-state index contributed by atoms with van der Waals surface area (Å²) in [7, 11) is 0. The second-order valence-corrected chi connectivity index (χ2v) is 5.65. The molecule has 0 saturated carbocycles. The maximum atomic E-state index is 11.9. The van der Waals surface area contributed by atoms with Crippen LogP contribution in [0.3, 0.4) is 0 Å². The van der Waals surface area contributed by atoms with Gasteiger partial charge in [0.2, 0.25) is 5.91 Å². The van der Waals surface area contributed by atoms with Crippen molar-refractivity contribution in [3.05, 3.63) is 10.6 Å². The maximum absolute atomic E-state index is 11.9. The molecule has 0 radical (unpaired) electrons. The van der Waals surface area contributed by atoms with Crippen LogP contribution >= 0.6 is 22.9 Å². The molecular formula is C12H15ClN2O3S. The van der Waals surface area contributed by atoms with Crippen molar-refractivity contribution in [2.75, 3.05) is 23.9 Å². The number of thiazole rings is 1. The van der Waals surface area contributed by atoms with Crippen molar-refractivity contribution in [1.29, 1.82) is 0 Å². The van der Waals surface area contributed by atoms with Crippen molar-refractivity contribution in [3.8, 4) is 0 Å². The second-order valence-electron chi connectivity index (χ2n) is 4.36. The highest BCUT2D eigenvalue weighted by molar-refractivity contribution is 7.17. The average Bonchev–Trinajstić information content (AvgIpc) is 2.92. The number of halogens is 1. The zero-order valence-electron chi connectivity index (χ0n) is 10.8. The van der Waals surface area contributed by atoms with Crippen LogP contribution in [0.1, 0.15) is 28.7 Å². The van der Waals surface area contributed by atoms with E-state index in [2.05, 4.69) is 4.98 Å². The third-order valence-electron chi connectivity index (χ3n) is 2.90. The number of hydrogen-bond acceptors (Lipinski definition) is 5.